The highest BCUT2D eigenvalue weighted by Crippen LogP contribution is 2.24. The topological polar surface area (TPSA) is 67.9 Å². The smallest absolute Gasteiger partial charge is 0.149 e. The second-order valence-electron chi connectivity index (χ2n) is 5.38. The number of anilines is 1. The van der Waals surface area contributed by atoms with Crippen LogP contribution >= 0.6 is 0 Å². The van der Waals surface area contributed by atoms with Crippen molar-refractivity contribution in [1.82, 2.24) is 19.9 Å². The Bertz CT molecular complexity index is 713. The molecule has 2 aromatic rings. The first-order valence-corrected chi connectivity index (χ1v) is 7.24. The number of hydrogen-bond acceptors (Lipinski definition) is 5. The summed E-state index contributed by atoms with van der Waals surface area (Å²) >= 11 is 0. The lowest BCUT2D eigenvalue weighted by molar-refractivity contribution is 0.293. The fourth-order valence-corrected chi connectivity index (χ4v) is 2.57. The van der Waals surface area contributed by atoms with E-state index in [0.29, 0.717) is 23.9 Å². The van der Waals surface area contributed by atoms with Crippen LogP contribution in [0, 0.1) is 12.7 Å². The van der Waals surface area contributed by atoms with Crippen LogP contribution in [0.25, 0.3) is 5.57 Å². The Balaban J connectivity index is 1.70. The molecule has 0 atom stereocenters. The number of nitrogens with zero attached hydrogens (tertiary/aromatic N) is 4. The normalized spacial score (nSPS) is 15.6. The zero-order chi connectivity index (χ0) is 15.5. The molecule has 0 saturated carbocycles. The molecule has 0 fully saturated rings. The van der Waals surface area contributed by atoms with Crippen molar-refractivity contribution in [3.8, 4) is 0 Å². The van der Waals surface area contributed by atoms with Gasteiger partial charge in [-0.3, -0.25) is 9.88 Å². The Morgan fingerprint density at radius 2 is 2.23 bits per heavy atom. The van der Waals surface area contributed by atoms with Gasteiger partial charge in [-0.25, -0.2) is 14.4 Å². The van der Waals surface area contributed by atoms with Gasteiger partial charge in [-0.05, 0) is 31.1 Å². The first-order valence-electron chi connectivity index (χ1n) is 7.24. The molecule has 0 radical (unpaired) electrons. The number of aryl methyl sites for hydroxylation is 1. The van der Waals surface area contributed by atoms with E-state index >= 15 is 0 Å². The molecule has 0 spiro atoms. The SMILES string of the molecule is Cc1ncc(CN2CC=C(c3ncccc3F)CC2)c(N)n1. The molecule has 3 heterocycles. The summed E-state index contributed by atoms with van der Waals surface area (Å²) in [6.45, 7) is 4.08. The minimum Gasteiger partial charge on any atom is -0.383 e. The summed E-state index contributed by atoms with van der Waals surface area (Å²) in [5.74, 6) is 0.934. The van der Waals surface area contributed by atoms with Crippen LogP contribution in [0.5, 0.6) is 0 Å². The summed E-state index contributed by atoms with van der Waals surface area (Å²) in [5, 5.41) is 0. The van der Waals surface area contributed by atoms with Crippen molar-refractivity contribution < 1.29 is 4.39 Å². The van der Waals surface area contributed by atoms with Crippen LogP contribution in [0.15, 0.2) is 30.6 Å². The van der Waals surface area contributed by atoms with Gasteiger partial charge >= 0.3 is 0 Å². The van der Waals surface area contributed by atoms with E-state index in [4.69, 9.17) is 5.73 Å². The lowest BCUT2D eigenvalue weighted by atomic mass is 10.0. The number of hydrogen-bond donors (Lipinski definition) is 1. The Hall–Kier alpha value is -2.34. The highest BCUT2D eigenvalue weighted by atomic mass is 19.1. The summed E-state index contributed by atoms with van der Waals surface area (Å²) < 4.78 is 13.8. The van der Waals surface area contributed by atoms with Crippen molar-refractivity contribution in [2.45, 2.75) is 19.9 Å². The summed E-state index contributed by atoms with van der Waals surface area (Å²) in [4.78, 5) is 14.7. The summed E-state index contributed by atoms with van der Waals surface area (Å²) in [6.07, 6.45) is 6.19. The van der Waals surface area contributed by atoms with Crippen molar-refractivity contribution in [3.05, 3.63) is 53.5 Å². The molecular formula is C16H18FN5. The molecule has 22 heavy (non-hydrogen) atoms. The quantitative estimate of drug-likeness (QED) is 0.941. The van der Waals surface area contributed by atoms with Crippen molar-refractivity contribution in [2.75, 3.05) is 18.8 Å². The second-order valence-corrected chi connectivity index (χ2v) is 5.38. The molecule has 1 aliphatic rings. The van der Waals surface area contributed by atoms with E-state index in [1.807, 2.05) is 13.0 Å². The minimum absolute atomic E-state index is 0.265. The molecule has 1 aliphatic heterocycles. The van der Waals surface area contributed by atoms with Crippen LogP contribution in [0.2, 0.25) is 0 Å². The van der Waals surface area contributed by atoms with Crippen LogP contribution in [-0.2, 0) is 6.54 Å². The summed E-state index contributed by atoms with van der Waals surface area (Å²) in [5.41, 5.74) is 8.27. The molecule has 0 unspecified atom stereocenters. The standard InChI is InChI=1S/C16H18FN5/c1-11-20-9-13(16(18)21-11)10-22-7-4-12(5-8-22)15-14(17)3-2-6-19-15/h2-4,6,9H,5,7-8,10H2,1H3,(H2,18,20,21). The van der Waals surface area contributed by atoms with Crippen molar-refractivity contribution in [2.24, 2.45) is 0 Å². The van der Waals surface area contributed by atoms with Gasteiger partial charge in [-0.1, -0.05) is 6.08 Å². The average molecular weight is 299 g/mol. The van der Waals surface area contributed by atoms with Crippen LogP contribution < -0.4 is 5.73 Å². The largest absolute Gasteiger partial charge is 0.383 e. The molecule has 0 aliphatic carbocycles. The van der Waals surface area contributed by atoms with Gasteiger partial charge in [0.25, 0.3) is 0 Å². The van der Waals surface area contributed by atoms with E-state index in [2.05, 4.69) is 19.9 Å². The molecule has 3 rings (SSSR count). The summed E-state index contributed by atoms with van der Waals surface area (Å²) in [7, 11) is 0. The molecule has 114 valence electrons. The maximum atomic E-state index is 13.8. The van der Waals surface area contributed by atoms with Crippen molar-refractivity contribution in [1.29, 1.82) is 0 Å². The Kier molecular flexibility index (Phi) is 4.11. The Morgan fingerprint density at radius 1 is 1.36 bits per heavy atom. The third kappa shape index (κ3) is 3.12. The first kappa shape index (κ1) is 14.6. The van der Waals surface area contributed by atoms with Crippen LogP contribution in [0.1, 0.15) is 23.5 Å². The van der Waals surface area contributed by atoms with Gasteiger partial charge in [-0.15, -0.1) is 0 Å². The second kappa shape index (κ2) is 6.19. The number of nitrogens with two attached hydrogens (primary N) is 1. The van der Waals surface area contributed by atoms with Gasteiger partial charge in [0, 0.05) is 37.6 Å². The van der Waals surface area contributed by atoms with Gasteiger partial charge in [-0.2, -0.15) is 0 Å². The van der Waals surface area contributed by atoms with Crippen LogP contribution in [0.3, 0.4) is 0 Å². The van der Waals surface area contributed by atoms with Gasteiger partial charge in [0.2, 0.25) is 0 Å². The lowest BCUT2D eigenvalue weighted by Gasteiger charge is -2.26. The molecule has 0 bridgehead atoms. The summed E-state index contributed by atoms with van der Waals surface area (Å²) in [6, 6.07) is 3.05. The van der Waals surface area contributed by atoms with Crippen molar-refractivity contribution in [3.63, 3.8) is 0 Å². The van der Waals surface area contributed by atoms with E-state index in [1.165, 1.54) is 6.07 Å². The fourth-order valence-electron chi connectivity index (χ4n) is 2.57. The maximum Gasteiger partial charge on any atom is 0.149 e. The number of pyridine rings is 1. The van der Waals surface area contributed by atoms with Gasteiger partial charge in [0.15, 0.2) is 0 Å². The molecule has 2 N–H and O–H groups in total. The molecular weight excluding hydrogens is 281 g/mol. The van der Waals surface area contributed by atoms with E-state index < -0.39 is 0 Å². The highest BCUT2D eigenvalue weighted by Gasteiger charge is 2.17. The number of rotatable bonds is 3. The highest BCUT2D eigenvalue weighted by molar-refractivity contribution is 5.64. The van der Waals surface area contributed by atoms with Crippen LogP contribution in [-0.4, -0.2) is 32.9 Å². The average Bonchev–Trinajstić information content (AvgIpc) is 2.51. The van der Waals surface area contributed by atoms with Crippen molar-refractivity contribution >= 4 is 11.4 Å². The molecule has 2 aromatic heterocycles. The zero-order valence-electron chi connectivity index (χ0n) is 12.5. The Morgan fingerprint density at radius 3 is 2.91 bits per heavy atom. The van der Waals surface area contributed by atoms with E-state index in [0.717, 1.165) is 30.6 Å². The Labute approximate surface area is 128 Å². The van der Waals surface area contributed by atoms with Gasteiger partial charge in [0.1, 0.15) is 23.2 Å². The fraction of sp³-hybridized carbons (Fsp3) is 0.312. The lowest BCUT2D eigenvalue weighted by Crippen LogP contribution is -2.29. The monoisotopic (exact) mass is 299 g/mol. The molecule has 6 heteroatoms. The first-order chi connectivity index (χ1) is 10.6. The number of halogens is 1. The maximum absolute atomic E-state index is 13.8. The zero-order valence-corrected chi connectivity index (χ0v) is 12.5. The number of nitrogen functional groups attached to an aromatic ring is 1. The molecule has 0 amide bonds. The predicted molar refractivity (Wildman–Crippen MR) is 83.2 cm³/mol. The van der Waals surface area contributed by atoms with Crippen LogP contribution in [0.4, 0.5) is 10.2 Å². The number of aromatic nitrogens is 3. The molecule has 5 nitrogen and oxygen atoms in total. The van der Waals surface area contributed by atoms with E-state index in [-0.39, 0.29) is 5.82 Å². The third-order valence-corrected chi connectivity index (χ3v) is 3.77. The van der Waals surface area contributed by atoms with Gasteiger partial charge < -0.3 is 5.73 Å². The minimum atomic E-state index is -0.265. The molecule has 0 saturated heterocycles. The van der Waals surface area contributed by atoms with E-state index in [1.54, 1.807) is 18.5 Å². The van der Waals surface area contributed by atoms with Gasteiger partial charge in [0.05, 0.1) is 0 Å². The van der Waals surface area contributed by atoms with E-state index in [9.17, 15) is 4.39 Å². The molecule has 0 aromatic carbocycles. The third-order valence-electron chi connectivity index (χ3n) is 3.77. The predicted octanol–water partition coefficient (Wildman–Crippen LogP) is 2.19.